The first-order valence-electron chi connectivity index (χ1n) is 5.07. The van der Waals surface area contributed by atoms with E-state index in [-0.39, 0.29) is 5.95 Å². The molecule has 82 valence electrons. The highest BCUT2D eigenvalue weighted by atomic mass is 16.4. The number of aromatic amines is 1. The van der Waals surface area contributed by atoms with Gasteiger partial charge in [0, 0.05) is 0 Å². The van der Waals surface area contributed by atoms with Crippen molar-refractivity contribution in [1.82, 2.24) is 15.2 Å². The summed E-state index contributed by atoms with van der Waals surface area (Å²) >= 11 is 0. The normalized spacial score (nSPS) is 20.0. The number of nitrogens with zero attached hydrogens (tertiary/aromatic N) is 2. The third kappa shape index (κ3) is 1.55. The lowest BCUT2D eigenvalue weighted by Crippen LogP contribution is -2.39. The first-order chi connectivity index (χ1) is 7.15. The molecule has 1 aliphatic carbocycles. The van der Waals surface area contributed by atoms with Gasteiger partial charge in [0.05, 0.1) is 0 Å². The predicted molar refractivity (Wildman–Crippen MR) is 53.2 cm³/mol. The van der Waals surface area contributed by atoms with Crippen molar-refractivity contribution in [2.45, 2.75) is 37.5 Å². The molecule has 1 aromatic rings. The Hall–Kier alpha value is -1.59. The lowest BCUT2D eigenvalue weighted by molar-refractivity contribution is -0.145. The number of nitrogens with two attached hydrogens (primary N) is 1. The number of carboxylic acid groups (broad SMARTS) is 1. The molecule has 6 nitrogen and oxygen atoms in total. The Balaban J connectivity index is 2.37. The van der Waals surface area contributed by atoms with Crippen molar-refractivity contribution in [3.63, 3.8) is 0 Å². The van der Waals surface area contributed by atoms with Crippen LogP contribution in [0.3, 0.4) is 0 Å². The van der Waals surface area contributed by atoms with Gasteiger partial charge in [0.25, 0.3) is 0 Å². The Kier molecular flexibility index (Phi) is 2.34. The van der Waals surface area contributed by atoms with Gasteiger partial charge in [-0.25, -0.2) is 0 Å². The molecule has 2 rings (SSSR count). The minimum absolute atomic E-state index is 0.108. The molecular weight excluding hydrogens is 196 g/mol. The minimum atomic E-state index is -0.900. The Morgan fingerprint density at radius 1 is 1.40 bits per heavy atom. The van der Waals surface area contributed by atoms with Crippen LogP contribution >= 0.6 is 0 Å². The zero-order valence-corrected chi connectivity index (χ0v) is 8.36. The average Bonchev–Trinajstić information content (AvgIpc) is 2.66. The molecule has 1 fully saturated rings. The van der Waals surface area contributed by atoms with Gasteiger partial charge in [-0.3, -0.25) is 9.89 Å². The fourth-order valence-electron chi connectivity index (χ4n) is 2.20. The molecular formula is C9H14N4O2. The van der Waals surface area contributed by atoms with Crippen LogP contribution in [0.1, 0.15) is 37.9 Å². The molecule has 1 saturated carbocycles. The summed E-state index contributed by atoms with van der Waals surface area (Å²) in [7, 11) is 0. The lowest BCUT2D eigenvalue weighted by atomic mass is 9.73. The fourth-order valence-corrected chi connectivity index (χ4v) is 2.20. The summed E-state index contributed by atoms with van der Waals surface area (Å²) in [5.74, 6) is -0.332. The summed E-state index contributed by atoms with van der Waals surface area (Å²) in [5.41, 5.74) is 4.50. The number of rotatable bonds is 2. The second kappa shape index (κ2) is 3.52. The summed E-state index contributed by atoms with van der Waals surface area (Å²) < 4.78 is 0. The predicted octanol–water partition coefficient (Wildman–Crippen LogP) is 0.673. The molecule has 0 bridgehead atoms. The van der Waals surface area contributed by atoms with Crippen LogP contribution in [0.25, 0.3) is 0 Å². The number of anilines is 1. The molecule has 15 heavy (non-hydrogen) atoms. The minimum Gasteiger partial charge on any atom is -0.480 e. The van der Waals surface area contributed by atoms with Crippen LogP contribution in [-0.4, -0.2) is 26.3 Å². The smallest absolute Gasteiger partial charge is 0.317 e. The highest BCUT2D eigenvalue weighted by molar-refractivity contribution is 5.80. The standard InChI is InChI=1S/C9H14N4O2/c10-8-11-6(12-13-8)9(7(14)15)4-2-1-3-5-9/h1-5H2,(H,14,15)(H3,10,11,12,13). The van der Waals surface area contributed by atoms with E-state index >= 15 is 0 Å². The SMILES string of the molecule is Nc1n[nH]c(C2(C(=O)O)CCCCC2)n1. The van der Waals surface area contributed by atoms with Crippen molar-refractivity contribution in [1.29, 1.82) is 0 Å². The maximum atomic E-state index is 11.4. The Morgan fingerprint density at radius 3 is 2.53 bits per heavy atom. The van der Waals surface area contributed by atoms with Gasteiger partial charge >= 0.3 is 5.97 Å². The first-order valence-corrected chi connectivity index (χ1v) is 5.07. The zero-order chi connectivity index (χ0) is 10.9. The molecule has 0 aromatic carbocycles. The summed E-state index contributed by atoms with van der Waals surface area (Å²) in [6.45, 7) is 0. The Bertz CT molecular complexity index is 368. The molecule has 0 radical (unpaired) electrons. The van der Waals surface area contributed by atoms with Gasteiger partial charge < -0.3 is 10.8 Å². The lowest BCUT2D eigenvalue weighted by Gasteiger charge is -2.30. The number of aromatic nitrogens is 3. The van der Waals surface area contributed by atoms with Crippen molar-refractivity contribution < 1.29 is 9.90 Å². The highest BCUT2D eigenvalue weighted by Gasteiger charge is 2.44. The van der Waals surface area contributed by atoms with Crippen molar-refractivity contribution in [3.05, 3.63) is 5.82 Å². The molecule has 0 aliphatic heterocycles. The number of carbonyl (C=O) groups is 1. The van der Waals surface area contributed by atoms with E-state index < -0.39 is 11.4 Å². The Labute approximate surface area is 86.9 Å². The molecule has 0 atom stereocenters. The van der Waals surface area contributed by atoms with E-state index in [1.54, 1.807) is 0 Å². The number of aliphatic carboxylic acids is 1. The molecule has 6 heteroatoms. The largest absolute Gasteiger partial charge is 0.480 e. The van der Waals surface area contributed by atoms with Crippen LogP contribution in [0.4, 0.5) is 5.95 Å². The summed E-state index contributed by atoms with van der Waals surface area (Å²) in [6.07, 6.45) is 4.12. The summed E-state index contributed by atoms with van der Waals surface area (Å²) in [6, 6.07) is 0. The number of nitrogens with one attached hydrogen (secondary N) is 1. The number of hydrogen-bond acceptors (Lipinski definition) is 4. The van der Waals surface area contributed by atoms with Crippen LogP contribution in [0, 0.1) is 0 Å². The van der Waals surface area contributed by atoms with Gasteiger partial charge in [0.15, 0.2) is 0 Å². The van der Waals surface area contributed by atoms with E-state index in [0.717, 1.165) is 19.3 Å². The topological polar surface area (TPSA) is 105 Å². The van der Waals surface area contributed by atoms with Crippen molar-refractivity contribution in [2.75, 3.05) is 5.73 Å². The van der Waals surface area contributed by atoms with Gasteiger partial charge in [0.1, 0.15) is 11.2 Å². The van der Waals surface area contributed by atoms with E-state index in [9.17, 15) is 9.90 Å². The monoisotopic (exact) mass is 210 g/mol. The Morgan fingerprint density at radius 2 is 2.07 bits per heavy atom. The van der Waals surface area contributed by atoms with Crippen LogP contribution in [0.15, 0.2) is 0 Å². The van der Waals surface area contributed by atoms with Gasteiger partial charge in [-0.15, -0.1) is 5.10 Å². The number of hydrogen-bond donors (Lipinski definition) is 3. The van der Waals surface area contributed by atoms with Crippen LogP contribution in [0.5, 0.6) is 0 Å². The number of H-pyrrole nitrogens is 1. The molecule has 0 amide bonds. The molecule has 4 N–H and O–H groups in total. The zero-order valence-electron chi connectivity index (χ0n) is 8.36. The quantitative estimate of drug-likeness (QED) is 0.665. The molecule has 0 spiro atoms. The number of carboxylic acids is 1. The first kappa shape index (κ1) is 9.95. The maximum absolute atomic E-state index is 11.4. The molecule has 1 aliphatic rings. The van der Waals surface area contributed by atoms with Crippen molar-refractivity contribution in [2.24, 2.45) is 0 Å². The molecule has 1 heterocycles. The summed E-state index contributed by atoms with van der Waals surface area (Å²) in [4.78, 5) is 15.3. The average molecular weight is 210 g/mol. The van der Waals surface area contributed by atoms with E-state index in [0.29, 0.717) is 18.7 Å². The second-order valence-electron chi connectivity index (χ2n) is 3.99. The molecule has 0 unspecified atom stereocenters. The van der Waals surface area contributed by atoms with Gasteiger partial charge in [-0.05, 0) is 12.8 Å². The third-order valence-electron chi connectivity index (χ3n) is 3.07. The van der Waals surface area contributed by atoms with Gasteiger partial charge in [-0.1, -0.05) is 19.3 Å². The van der Waals surface area contributed by atoms with Crippen molar-refractivity contribution >= 4 is 11.9 Å². The van der Waals surface area contributed by atoms with Crippen LogP contribution in [0.2, 0.25) is 0 Å². The van der Waals surface area contributed by atoms with Crippen LogP contribution < -0.4 is 5.73 Å². The van der Waals surface area contributed by atoms with Gasteiger partial charge in [0.2, 0.25) is 5.95 Å². The van der Waals surface area contributed by atoms with Crippen molar-refractivity contribution in [3.8, 4) is 0 Å². The second-order valence-corrected chi connectivity index (χ2v) is 3.99. The third-order valence-corrected chi connectivity index (χ3v) is 3.07. The van der Waals surface area contributed by atoms with E-state index in [2.05, 4.69) is 15.2 Å². The van der Waals surface area contributed by atoms with Crippen LogP contribution in [-0.2, 0) is 10.2 Å². The van der Waals surface area contributed by atoms with E-state index in [1.807, 2.05) is 0 Å². The maximum Gasteiger partial charge on any atom is 0.317 e. The van der Waals surface area contributed by atoms with E-state index in [1.165, 1.54) is 0 Å². The molecule has 1 aromatic heterocycles. The number of nitrogen functional groups attached to an aromatic ring is 1. The molecule has 0 saturated heterocycles. The van der Waals surface area contributed by atoms with Gasteiger partial charge in [-0.2, -0.15) is 4.98 Å². The fraction of sp³-hybridized carbons (Fsp3) is 0.667. The van der Waals surface area contributed by atoms with E-state index in [4.69, 9.17) is 5.73 Å². The highest BCUT2D eigenvalue weighted by Crippen LogP contribution is 2.38. The summed E-state index contributed by atoms with van der Waals surface area (Å²) in [5, 5.41) is 15.7.